The van der Waals surface area contributed by atoms with Crippen molar-refractivity contribution in [1.82, 2.24) is 14.5 Å². The van der Waals surface area contributed by atoms with E-state index in [0.29, 0.717) is 30.2 Å². The van der Waals surface area contributed by atoms with Crippen LogP contribution in [0.3, 0.4) is 0 Å². The van der Waals surface area contributed by atoms with Crippen LogP contribution >= 0.6 is 0 Å². The Morgan fingerprint density at radius 3 is 2.50 bits per heavy atom. The van der Waals surface area contributed by atoms with E-state index in [1.807, 2.05) is 60.5 Å². The second kappa shape index (κ2) is 10.5. The van der Waals surface area contributed by atoms with Gasteiger partial charge in [0, 0.05) is 31.6 Å². The van der Waals surface area contributed by atoms with Gasteiger partial charge in [-0.15, -0.1) is 0 Å². The summed E-state index contributed by atoms with van der Waals surface area (Å²) in [5.41, 5.74) is 8.14. The molecule has 182 valence electrons. The summed E-state index contributed by atoms with van der Waals surface area (Å²) in [6, 6.07) is 16.0. The molecule has 4 rings (SSSR count). The lowest BCUT2D eigenvalue weighted by molar-refractivity contribution is -0.133. The first-order valence-corrected chi connectivity index (χ1v) is 12.6. The van der Waals surface area contributed by atoms with Gasteiger partial charge in [-0.05, 0) is 68.2 Å². The molecule has 1 fully saturated rings. The maximum Gasteiger partial charge on any atom is 0.222 e. The molecule has 3 atom stereocenters. The maximum atomic E-state index is 13.1. The average Bonchev–Trinajstić information content (AvgIpc) is 3.14. The quantitative estimate of drug-likeness (QED) is 0.419. The van der Waals surface area contributed by atoms with E-state index in [9.17, 15) is 4.79 Å². The molecular formula is C28H38N4O2. The van der Waals surface area contributed by atoms with Crippen molar-refractivity contribution < 1.29 is 9.53 Å². The van der Waals surface area contributed by atoms with Crippen LogP contribution < -0.4 is 10.5 Å². The van der Waals surface area contributed by atoms with Crippen LogP contribution in [0.25, 0.3) is 11.0 Å². The highest BCUT2D eigenvalue weighted by Gasteiger charge is 2.29. The number of nitrogen functional groups attached to an aromatic ring is 1. The van der Waals surface area contributed by atoms with Crippen LogP contribution in [0.15, 0.2) is 48.5 Å². The molecule has 0 saturated heterocycles. The Balaban J connectivity index is 1.48. The lowest BCUT2D eigenvalue weighted by Crippen LogP contribution is -2.41. The monoisotopic (exact) mass is 462 g/mol. The minimum absolute atomic E-state index is 0.0959. The number of carbonyl (C=O) groups excluding carboxylic acids is 1. The zero-order valence-electron chi connectivity index (χ0n) is 20.9. The molecule has 2 N–H and O–H groups in total. The number of hydrogen-bond donors (Lipinski definition) is 1. The smallest absolute Gasteiger partial charge is 0.222 e. The molecule has 0 spiro atoms. The third kappa shape index (κ3) is 5.37. The van der Waals surface area contributed by atoms with Crippen LogP contribution in [-0.2, 0) is 4.79 Å². The summed E-state index contributed by atoms with van der Waals surface area (Å²) >= 11 is 0. The average molecular weight is 463 g/mol. The molecule has 1 amide bonds. The Morgan fingerprint density at radius 1 is 1.12 bits per heavy atom. The minimum atomic E-state index is 0.0959. The fraction of sp³-hybridized carbons (Fsp3) is 0.500. The molecule has 1 saturated carbocycles. The molecule has 0 radical (unpaired) electrons. The van der Waals surface area contributed by atoms with Crippen molar-refractivity contribution in [3.05, 3.63) is 48.5 Å². The molecule has 2 aromatic carbocycles. The molecule has 3 unspecified atom stereocenters. The topological polar surface area (TPSA) is 73.4 Å². The molecule has 0 bridgehead atoms. The van der Waals surface area contributed by atoms with Crippen LogP contribution in [0, 0.1) is 11.8 Å². The van der Waals surface area contributed by atoms with E-state index in [1.54, 1.807) is 0 Å². The Bertz CT molecular complexity index is 1100. The van der Waals surface area contributed by atoms with Crippen LogP contribution in [0.1, 0.15) is 65.3 Å². The number of ether oxygens (including phenoxy) is 1. The molecular weight excluding hydrogens is 424 g/mol. The van der Waals surface area contributed by atoms with Crippen molar-refractivity contribution in [3.8, 4) is 11.5 Å². The number of para-hydroxylation sites is 1. The number of nitrogens with two attached hydrogens (primary N) is 1. The van der Waals surface area contributed by atoms with Gasteiger partial charge in [-0.25, -0.2) is 4.98 Å². The number of carbonyl (C=O) groups is 1. The largest absolute Gasteiger partial charge is 0.457 e. The Labute approximate surface area is 203 Å². The number of imidazole rings is 1. The zero-order valence-corrected chi connectivity index (χ0v) is 20.9. The SMILES string of the molecule is CCC(CCC(=O)N(C)C1CC(C)CC(C)C1)n1c(N)nc2ccc(Oc3ccccc3)cc21. The number of nitrogens with zero attached hydrogens (tertiary/aromatic N) is 3. The van der Waals surface area contributed by atoms with E-state index in [1.165, 1.54) is 6.42 Å². The number of benzene rings is 2. The van der Waals surface area contributed by atoms with Crippen LogP contribution in [0.5, 0.6) is 11.5 Å². The van der Waals surface area contributed by atoms with Crippen LogP contribution in [0.4, 0.5) is 5.95 Å². The van der Waals surface area contributed by atoms with Crippen LogP contribution in [-0.4, -0.2) is 33.4 Å². The highest BCUT2D eigenvalue weighted by atomic mass is 16.5. The third-order valence-electron chi connectivity index (χ3n) is 7.29. The van der Waals surface area contributed by atoms with E-state index >= 15 is 0 Å². The number of amides is 1. The number of anilines is 1. The predicted octanol–water partition coefficient (Wildman–Crippen LogP) is 6.43. The first-order valence-electron chi connectivity index (χ1n) is 12.6. The lowest BCUT2D eigenvalue weighted by atomic mass is 9.80. The third-order valence-corrected chi connectivity index (χ3v) is 7.29. The molecule has 1 aromatic heterocycles. The summed E-state index contributed by atoms with van der Waals surface area (Å²) in [6.07, 6.45) is 5.58. The fourth-order valence-corrected chi connectivity index (χ4v) is 5.57. The number of fused-ring (bicyclic) bond motifs is 1. The standard InChI is InChI=1S/C28H38N4O2/c1-5-21(11-14-27(33)31(4)22-16-19(2)15-20(3)17-22)32-26-18-24(12-13-25(26)30-28(32)29)34-23-9-7-6-8-10-23/h6-10,12-13,18-22H,5,11,14-17H2,1-4H3,(H2,29,30). The number of hydrogen-bond acceptors (Lipinski definition) is 4. The van der Waals surface area contributed by atoms with Gasteiger partial charge in [-0.1, -0.05) is 39.0 Å². The summed E-state index contributed by atoms with van der Waals surface area (Å²) < 4.78 is 8.11. The highest BCUT2D eigenvalue weighted by molar-refractivity contribution is 5.80. The molecule has 1 heterocycles. The van der Waals surface area contributed by atoms with E-state index in [-0.39, 0.29) is 11.9 Å². The Kier molecular flexibility index (Phi) is 7.44. The van der Waals surface area contributed by atoms with Gasteiger partial charge in [0.05, 0.1) is 11.0 Å². The Hall–Kier alpha value is -3.02. The summed E-state index contributed by atoms with van der Waals surface area (Å²) in [6.45, 7) is 6.74. The second-order valence-electron chi connectivity index (χ2n) is 10.1. The van der Waals surface area contributed by atoms with Gasteiger partial charge in [0.25, 0.3) is 0 Å². The first-order chi connectivity index (χ1) is 16.4. The normalized spacial score (nSPS) is 21.4. The fourth-order valence-electron chi connectivity index (χ4n) is 5.57. The zero-order chi connectivity index (χ0) is 24.2. The predicted molar refractivity (Wildman–Crippen MR) is 138 cm³/mol. The summed E-state index contributed by atoms with van der Waals surface area (Å²) in [5, 5.41) is 0. The molecule has 6 nitrogen and oxygen atoms in total. The molecule has 6 heteroatoms. The van der Waals surface area contributed by atoms with E-state index in [0.717, 1.165) is 48.2 Å². The summed E-state index contributed by atoms with van der Waals surface area (Å²) in [5.74, 6) is 3.59. The van der Waals surface area contributed by atoms with Crippen molar-refractivity contribution in [2.75, 3.05) is 12.8 Å². The molecule has 1 aliphatic carbocycles. The molecule has 3 aromatic rings. The van der Waals surface area contributed by atoms with E-state index < -0.39 is 0 Å². The van der Waals surface area contributed by atoms with Gasteiger partial charge in [0.2, 0.25) is 11.9 Å². The highest BCUT2D eigenvalue weighted by Crippen LogP contribution is 2.33. The van der Waals surface area contributed by atoms with Crippen molar-refractivity contribution in [2.45, 2.75) is 71.4 Å². The van der Waals surface area contributed by atoms with E-state index in [4.69, 9.17) is 10.5 Å². The van der Waals surface area contributed by atoms with Gasteiger partial charge < -0.3 is 19.9 Å². The number of aromatic nitrogens is 2. The van der Waals surface area contributed by atoms with Crippen molar-refractivity contribution in [1.29, 1.82) is 0 Å². The van der Waals surface area contributed by atoms with Crippen molar-refractivity contribution in [2.24, 2.45) is 11.8 Å². The molecule has 34 heavy (non-hydrogen) atoms. The Morgan fingerprint density at radius 2 is 1.82 bits per heavy atom. The lowest BCUT2D eigenvalue weighted by Gasteiger charge is -2.37. The van der Waals surface area contributed by atoms with Crippen LogP contribution in [0.2, 0.25) is 0 Å². The molecule has 1 aliphatic rings. The van der Waals surface area contributed by atoms with Gasteiger partial charge >= 0.3 is 0 Å². The van der Waals surface area contributed by atoms with Crippen molar-refractivity contribution in [3.63, 3.8) is 0 Å². The second-order valence-corrected chi connectivity index (χ2v) is 10.1. The van der Waals surface area contributed by atoms with Gasteiger partial charge in [0.15, 0.2) is 0 Å². The van der Waals surface area contributed by atoms with Crippen molar-refractivity contribution >= 4 is 22.9 Å². The molecule has 0 aliphatic heterocycles. The summed E-state index contributed by atoms with van der Waals surface area (Å²) in [4.78, 5) is 19.7. The van der Waals surface area contributed by atoms with Gasteiger partial charge in [0.1, 0.15) is 11.5 Å². The summed E-state index contributed by atoms with van der Waals surface area (Å²) in [7, 11) is 1.98. The van der Waals surface area contributed by atoms with E-state index in [2.05, 4.69) is 30.3 Å². The number of rotatable bonds is 8. The maximum absolute atomic E-state index is 13.1. The minimum Gasteiger partial charge on any atom is -0.457 e. The van der Waals surface area contributed by atoms with Gasteiger partial charge in [-0.2, -0.15) is 0 Å². The van der Waals surface area contributed by atoms with Gasteiger partial charge in [-0.3, -0.25) is 4.79 Å². The first kappa shape index (κ1) is 24.1.